The van der Waals surface area contributed by atoms with Crippen molar-refractivity contribution in [3.63, 3.8) is 0 Å². The van der Waals surface area contributed by atoms with E-state index in [1.165, 1.54) is 11.8 Å². The molecule has 1 unspecified atom stereocenters. The highest BCUT2D eigenvalue weighted by atomic mass is 32.2. The van der Waals surface area contributed by atoms with Crippen LogP contribution in [0, 0.1) is 0 Å². The van der Waals surface area contributed by atoms with Crippen LogP contribution in [-0.2, 0) is 4.79 Å². The van der Waals surface area contributed by atoms with Crippen molar-refractivity contribution in [2.75, 3.05) is 17.6 Å². The average molecular weight is 257 g/mol. The maximum Gasteiger partial charge on any atom is 0.236 e. The van der Waals surface area contributed by atoms with E-state index in [-0.39, 0.29) is 17.1 Å². The van der Waals surface area contributed by atoms with Crippen molar-refractivity contribution in [3.8, 4) is 0 Å². The van der Waals surface area contributed by atoms with E-state index in [9.17, 15) is 4.79 Å². The SMILES string of the molecule is CC(CN)SCC(=O)Nc1cc(C(C)C)no1. The van der Waals surface area contributed by atoms with Gasteiger partial charge in [0.15, 0.2) is 0 Å². The van der Waals surface area contributed by atoms with E-state index in [0.717, 1.165) is 5.69 Å². The van der Waals surface area contributed by atoms with Crippen molar-refractivity contribution in [1.29, 1.82) is 0 Å². The molecule has 0 fully saturated rings. The molecule has 0 aliphatic carbocycles. The highest BCUT2D eigenvalue weighted by Gasteiger charge is 2.11. The fourth-order valence-corrected chi connectivity index (χ4v) is 1.72. The average Bonchev–Trinajstić information content (AvgIpc) is 2.74. The molecule has 6 heteroatoms. The number of aromatic nitrogens is 1. The Labute approximate surface area is 105 Å². The molecule has 17 heavy (non-hydrogen) atoms. The Morgan fingerprint density at radius 2 is 2.29 bits per heavy atom. The minimum absolute atomic E-state index is 0.0956. The minimum atomic E-state index is -0.0956. The maximum absolute atomic E-state index is 11.6. The van der Waals surface area contributed by atoms with Crippen LogP contribution in [0.4, 0.5) is 5.88 Å². The molecule has 96 valence electrons. The Bertz CT molecular complexity index is 365. The van der Waals surface area contributed by atoms with Crippen LogP contribution >= 0.6 is 11.8 Å². The van der Waals surface area contributed by atoms with Crippen molar-refractivity contribution in [2.45, 2.75) is 31.9 Å². The lowest BCUT2D eigenvalue weighted by Gasteiger charge is -2.06. The monoisotopic (exact) mass is 257 g/mol. The van der Waals surface area contributed by atoms with Crippen LogP contribution in [0.25, 0.3) is 0 Å². The third-order valence-electron chi connectivity index (χ3n) is 2.21. The number of carbonyl (C=O) groups is 1. The molecule has 1 aromatic rings. The van der Waals surface area contributed by atoms with E-state index >= 15 is 0 Å². The topological polar surface area (TPSA) is 81.2 Å². The summed E-state index contributed by atoms with van der Waals surface area (Å²) in [4.78, 5) is 11.6. The van der Waals surface area contributed by atoms with E-state index in [2.05, 4.69) is 10.5 Å². The van der Waals surface area contributed by atoms with Crippen LogP contribution in [0.2, 0.25) is 0 Å². The molecule has 0 bridgehead atoms. The molecule has 3 N–H and O–H groups in total. The van der Waals surface area contributed by atoms with Crippen LogP contribution in [-0.4, -0.2) is 28.6 Å². The summed E-state index contributed by atoms with van der Waals surface area (Å²) >= 11 is 1.52. The highest BCUT2D eigenvalue weighted by molar-refractivity contribution is 8.00. The predicted molar refractivity (Wildman–Crippen MR) is 70.2 cm³/mol. The molecule has 1 aromatic heterocycles. The van der Waals surface area contributed by atoms with Crippen LogP contribution < -0.4 is 11.1 Å². The molecule has 1 rings (SSSR count). The standard InChI is InChI=1S/C11H19N3O2S/c1-7(2)9-4-11(16-14-9)13-10(15)6-17-8(3)5-12/h4,7-8H,5-6,12H2,1-3H3,(H,13,15). The smallest absolute Gasteiger partial charge is 0.236 e. The molecule has 0 aromatic carbocycles. The summed E-state index contributed by atoms with van der Waals surface area (Å²) in [7, 11) is 0. The molecule has 5 nitrogen and oxygen atoms in total. The molecule has 1 heterocycles. The molecule has 0 radical (unpaired) electrons. The van der Waals surface area contributed by atoms with Gasteiger partial charge >= 0.3 is 0 Å². The summed E-state index contributed by atoms with van der Waals surface area (Å²) < 4.78 is 5.01. The van der Waals surface area contributed by atoms with Gasteiger partial charge in [-0.05, 0) is 5.92 Å². The number of nitrogens with two attached hydrogens (primary N) is 1. The first-order valence-electron chi connectivity index (χ1n) is 5.61. The predicted octanol–water partition coefficient (Wildman–Crippen LogP) is 1.82. The molecule has 0 aliphatic heterocycles. The second-order valence-electron chi connectivity index (χ2n) is 4.18. The zero-order valence-electron chi connectivity index (χ0n) is 10.4. The third kappa shape index (κ3) is 4.79. The quantitative estimate of drug-likeness (QED) is 0.812. The van der Waals surface area contributed by atoms with Crippen molar-refractivity contribution >= 4 is 23.6 Å². The normalized spacial score (nSPS) is 12.8. The minimum Gasteiger partial charge on any atom is -0.338 e. The molecular weight excluding hydrogens is 238 g/mol. The van der Waals surface area contributed by atoms with Crippen LogP contribution in [0.3, 0.4) is 0 Å². The molecule has 0 spiro atoms. The van der Waals surface area contributed by atoms with Crippen molar-refractivity contribution in [3.05, 3.63) is 11.8 Å². The van der Waals surface area contributed by atoms with Crippen LogP contribution in [0.15, 0.2) is 10.6 Å². The zero-order valence-corrected chi connectivity index (χ0v) is 11.2. The summed E-state index contributed by atoms with van der Waals surface area (Å²) in [6.07, 6.45) is 0. The fourth-order valence-electron chi connectivity index (χ4n) is 1.08. The summed E-state index contributed by atoms with van der Waals surface area (Å²) in [5.41, 5.74) is 6.30. The Morgan fingerprint density at radius 3 is 2.82 bits per heavy atom. The third-order valence-corrected chi connectivity index (χ3v) is 3.40. The second-order valence-corrected chi connectivity index (χ2v) is 5.60. The van der Waals surface area contributed by atoms with Crippen LogP contribution in [0.5, 0.6) is 0 Å². The first-order chi connectivity index (χ1) is 8.02. The Kier molecular flexibility index (Phi) is 5.50. The molecule has 0 saturated carbocycles. The zero-order chi connectivity index (χ0) is 12.8. The maximum atomic E-state index is 11.6. The van der Waals surface area contributed by atoms with Gasteiger partial charge < -0.3 is 10.3 Å². The van der Waals surface area contributed by atoms with Gasteiger partial charge in [0.25, 0.3) is 0 Å². The summed E-state index contributed by atoms with van der Waals surface area (Å²) in [5.74, 6) is 0.966. The van der Waals surface area contributed by atoms with E-state index in [0.29, 0.717) is 18.2 Å². The van der Waals surface area contributed by atoms with Gasteiger partial charge in [0.05, 0.1) is 11.4 Å². The number of nitrogens with zero attached hydrogens (tertiary/aromatic N) is 1. The van der Waals surface area contributed by atoms with Gasteiger partial charge in [0.1, 0.15) is 0 Å². The largest absolute Gasteiger partial charge is 0.338 e. The Balaban J connectivity index is 2.39. The molecule has 0 aliphatic rings. The first kappa shape index (κ1) is 14.1. The Morgan fingerprint density at radius 1 is 1.59 bits per heavy atom. The Hall–Kier alpha value is -1.01. The van der Waals surface area contributed by atoms with E-state index in [4.69, 9.17) is 10.3 Å². The van der Waals surface area contributed by atoms with Gasteiger partial charge in [0, 0.05) is 17.9 Å². The number of anilines is 1. The summed E-state index contributed by atoms with van der Waals surface area (Å²) in [5, 5.41) is 6.81. The van der Waals surface area contributed by atoms with Gasteiger partial charge in [-0.1, -0.05) is 25.9 Å². The summed E-state index contributed by atoms with van der Waals surface area (Å²) in [6, 6.07) is 1.75. The second kappa shape index (κ2) is 6.66. The molecule has 1 amide bonds. The van der Waals surface area contributed by atoms with Gasteiger partial charge in [-0.3, -0.25) is 10.1 Å². The van der Waals surface area contributed by atoms with Crippen molar-refractivity contribution in [1.82, 2.24) is 5.16 Å². The fraction of sp³-hybridized carbons (Fsp3) is 0.636. The number of thioether (sulfide) groups is 1. The lowest BCUT2D eigenvalue weighted by atomic mass is 10.1. The number of hydrogen-bond acceptors (Lipinski definition) is 5. The lowest BCUT2D eigenvalue weighted by molar-refractivity contribution is -0.113. The van der Waals surface area contributed by atoms with Crippen LogP contribution in [0.1, 0.15) is 32.4 Å². The molecule has 1 atom stereocenters. The van der Waals surface area contributed by atoms with E-state index in [1.54, 1.807) is 6.07 Å². The van der Waals surface area contributed by atoms with Crippen molar-refractivity contribution < 1.29 is 9.32 Å². The number of hydrogen-bond donors (Lipinski definition) is 2. The number of nitrogens with one attached hydrogen (secondary N) is 1. The van der Waals surface area contributed by atoms with Gasteiger partial charge in [-0.2, -0.15) is 0 Å². The first-order valence-corrected chi connectivity index (χ1v) is 6.66. The summed E-state index contributed by atoms with van der Waals surface area (Å²) in [6.45, 7) is 6.59. The van der Waals surface area contributed by atoms with E-state index in [1.807, 2.05) is 20.8 Å². The number of amides is 1. The molecule has 0 saturated heterocycles. The van der Waals surface area contributed by atoms with Gasteiger partial charge in [-0.25, -0.2) is 0 Å². The molecular formula is C11H19N3O2S. The van der Waals surface area contributed by atoms with Gasteiger partial charge in [0.2, 0.25) is 11.8 Å². The van der Waals surface area contributed by atoms with E-state index < -0.39 is 0 Å². The van der Waals surface area contributed by atoms with Crippen molar-refractivity contribution in [2.24, 2.45) is 5.73 Å². The number of carbonyl (C=O) groups excluding carboxylic acids is 1. The number of rotatable bonds is 6. The highest BCUT2D eigenvalue weighted by Crippen LogP contribution is 2.18. The lowest BCUT2D eigenvalue weighted by Crippen LogP contribution is -2.19. The van der Waals surface area contributed by atoms with Gasteiger partial charge in [-0.15, -0.1) is 11.8 Å².